The Labute approximate surface area is 92.5 Å². The lowest BCUT2D eigenvalue weighted by Gasteiger charge is -2.29. The number of hydrogen-bond acceptors (Lipinski definition) is 1. The summed E-state index contributed by atoms with van der Waals surface area (Å²) in [5.41, 5.74) is 0. The molecule has 80 valence electrons. The number of hydrogen-bond donors (Lipinski definition) is 0. The Hall–Kier alpha value is 0.657. The van der Waals surface area contributed by atoms with Gasteiger partial charge in [0.05, 0.1) is 0 Å². The summed E-state index contributed by atoms with van der Waals surface area (Å²) < 4.78 is 6.16. The maximum Gasteiger partial charge on any atom is 0.189 e. The van der Waals surface area contributed by atoms with Crippen molar-refractivity contribution >= 4 is 24.2 Å². The minimum Gasteiger partial charge on any atom is -0.415 e. The summed E-state index contributed by atoms with van der Waals surface area (Å²) in [7, 11) is -1.36. The van der Waals surface area contributed by atoms with Gasteiger partial charge < -0.3 is 4.43 Å². The van der Waals surface area contributed by atoms with Crippen LogP contribution in [-0.4, -0.2) is 19.8 Å². The Bertz CT molecular complexity index is 132. The summed E-state index contributed by atoms with van der Waals surface area (Å²) in [6.45, 7) is 9.01. The first kappa shape index (κ1) is 13.7. The molecular weight excluding hydrogens is 244 g/mol. The van der Waals surface area contributed by atoms with Crippen molar-refractivity contribution in [1.29, 1.82) is 0 Å². The SMILES string of the molecule is CCC(C)O[Si](C)(CC)CCCBr. The van der Waals surface area contributed by atoms with Gasteiger partial charge in [-0.2, -0.15) is 0 Å². The predicted octanol–water partition coefficient (Wildman–Crippen LogP) is 4.18. The van der Waals surface area contributed by atoms with Crippen molar-refractivity contribution in [2.24, 2.45) is 0 Å². The van der Waals surface area contributed by atoms with E-state index in [4.69, 9.17) is 4.43 Å². The van der Waals surface area contributed by atoms with E-state index in [2.05, 4.69) is 43.2 Å². The van der Waals surface area contributed by atoms with Crippen molar-refractivity contribution in [3.05, 3.63) is 0 Å². The van der Waals surface area contributed by atoms with Gasteiger partial charge in [-0.3, -0.25) is 0 Å². The summed E-state index contributed by atoms with van der Waals surface area (Å²) in [5, 5.41) is 1.11. The van der Waals surface area contributed by atoms with Gasteiger partial charge in [-0.25, -0.2) is 0 Å². The number of rotatable bonds is 7. The van der Waals surface area contributed by atoms with E-state index >= 15 is 0 Å². The van der Waals surface area contributed by atoms with Crippen LogP contribution in [0.1, 0.15) is 33.6 Å². The van der Waals surface area contributed by atoms with E-state index in [1.54, 1.807) is 0 Å². The van der Waals surface area contributed by atoms with Crippen molar-refractivity contribution in [3.8, 4) is 0 Å². The maximum atomic E-state index is 6.16. The molecule has 0 bridgehead atoms. The van der Waals surface area contributed by atoms with Crippen molar-refractivity contribution in [1.82, 2.24) is 0 Å². The lowest BCUT2D eigenvalue weighted by atomic mass is 10.3. The van der Waals surface area contributed by atoms with Crippen LogP contribution in [0.15, 0.2) is 0 Å². The Morgan fingerprint density at radius 3 is 2.38 bits per heavy atom. The molecule has 0 amide bonds. The van der Waals surface area contributed by atoms with Crippen LogP contribution in [0.5, 0.6) is 0 Å². The fraction of sp³-hybridized carbons (Fsp3) is 1.00. The number of halogens is 1. The van der Waals surface area contributed by atoms with Crippen LogP contribution in [0.3, 0.4) is 0 Å². The fourth-order valence-corrected chi connectivity index (χ4v) is 4.83. The molecule has 0 saturated heterocycles. The molecule has 0 aliphatic heterocycles. The molecule has 13 heavy (non-hydrogen) atoms. The lowest BCUT2D eigenvalue weighted by Crippen LogP contribution is -2.36. The van der Waals surface area contributed by atoms with Gasteiger partial charge in [-0.1, -0.05) is 29.8 Å². The Balaban J connectivity index is 3.94. The monoisotopic (exact) mass is 266 g/mol. The largest absolute Gasteiger partial charge is 0.415 e. The first-order valence-corrected chi connectivity index (χ1v) is 9.26. The quantitative estimate of drug-likeness (QED) is 0.496. The van der Waals surface area contributed by atoms with Crippen molar-refractivity contribution in [3.63, 3.8) is 0 Å². The summed E-state index contributed by atoms with van der Waals surface area (Å²) >= 11 is 3.48. The normalized spacial score (nSPS) is 18.2. The molecule has 0 fully saturated rings. The molecule has 0 rings (SSSR count). The average molecular weight is 267 g/mol. The highest BCUT2D eigenvalue weighted by Crippen LogP contribution is 2.22. The topological polar surface area (TPSA) is 9.23 Å². The maximum absolute atomic E-state index is 6.16. The molecular formula is C10H23BrOSi. The van der Waals surface area contributed by atoms with Crippen LogP contribution in [0.2, 0.25) is 18.6 Å². The van der Waals surface area contributed by atoms with E-state index in [1.165, 1.54) is 18.5 Å². The third kappa shape index (κ3) is 5.86. The van der Waals surface area contributed by atoms with E-state index in [9.17, 15) is 0 Å². The molecule has 0 radical (unpaired) electrons. The Morgan fingerprint density at radius 1 is 1.38 bits per heavy atom. The average Bonchev–Trinajstić information content (AvgIpc) is 2.14. The van der Waals surface area contributed by atoms with E-state index in [0.29, 0.717) is 6.10 Å². The molecule has 2 unspecified atom stereocenters. The molecule has 0 N–H and O–H groups in total. The molecule has 0 aliphatic carbocycles. The van der Waals surface area contributed by atoms with Crippen LogP contribution in [0.4, 0.5) is 0 Å². The Kier molecular flexibility index (Phi) is 7.37. The van der Waals surface area contributed by atoms with E-state index in [0.717, 1.165) is 11.8 Å². The van der Waals surface area contributed by atoms with Crippen LogP contribution in [0, 0.1) is 0 Å². The molecule has 0 aliphatic rings. The van der Waals surface area contributed by atoms with E-state index in [-0.39, 0.29) is 0 Å². The molecule has 3 heteroatoms. The first-order valence-electron chi connectivity index (χ1n) is 5.31. The van der Waals surface area contributed by atoms with E-state index in [1.807, 2.05) is 0 Å². The van der Waals surface area contributed by atoms with Gasteiger partial charge in [0, 0.05) is 11.4 Å². The number of alkyl halides is 1. The first-order chi connectivity index (χ1) is 6.08. The smallest absolute Gasteiger partial charge is 0.189 e. The van der Waals surface area contributed by atoms with Gasteiger partial charge in [-0.05, 0) is 38.4 Å². The van der Waals surface area contributed by atoms with Gasteiger partial charge in [-0.15, -0.1) is 0 Å². The molecule has 2 atom stereocenters. The molecule has 0 heterocycles. The minimum absolute atomic E-state index is 0.451. The van der Waals surface area contributed by atoms with Crippen molar-refractivity contribution in [2.45, 2.75) is 58.4 Å². The summed E-state index contributed by atoms with van der Waals surface area (Å²) in [4.78, 5) is 0. The molecule has 1 nitrogen and oxygen atoms in total. The summed E-state index contributed by atoms with van der Waals surface area (Å²) in [5.74, 6) is 0. The minimum atomic E-state index is -1.36. The second-order valence-corrected chi connectivity index (χ2v) is 9.07. The molecule has 0 aromatic rings. The molecule has 0 saturated carbocycles. The third-order valence-electron chi connectivity index (χ3n) is 2.65. The predicted molar refractivity (Wildman–Crippen MR) is 66.2 cm³/mol. The van der Waals surface area contributed by atoms with Gasteiger partial charge in [0.2, 0.25) is 0 Å². The van der Waals surface area contributed by atoms with Crippen LogP contribution in [0.25, 0.3) is 0 Å². The summed E-state index contributed by atoms with van der Waals surface area (Å²) in [6.07, 6.45) is 2.84. The summed E-state index contributed by atoms with van der Waals surface area (Å²) in [6, 6.07) is 2.53. The van der Waals surface area contributed by atoms with Gasteiger partial charge in [0.1, 0.15) is 0 Å². The third-order valence-corrected chi connectivity index (χ3v) is 7.09. The van der Waals surface area contributed by atoms with Crippen LogP contribution in [-0.2, 0) is 4.43 Å². The van der Waals surface area contributed by atoms with Crippen LogP contribution >= 0.6 is 15.9 Å². The Morgan fingerprint density at radius 2 is 2.00 bits per heavy atom. The van der Waals surface area contributed by atoms with Gasteiger partial charge >= 0.3 is 0 Å². The van der Waals surface area contributed by atoms with Gasteiger partial charge in [0.15, 0.2) is 8.32 Å². The zero-order valence-corrected chi connectivity index (χ0v) is 12.0. The van der Waals surface area contributed by atoms with Gasteiger partial charge in [0.25, 0.3) is 0 Å². The van der Waals surface area contributed by atoms with Crippen molar-refractivity contribution < 1.29 is 4.43 Å². The zero-order chi connectivity index (χ0) is 10.3. The van der Waals surface area contributed by atoms with E-state index < -0.39 is 8.32 Å². The standard InChI is InChI=1S/C10H23BrOSi/c1-5-10(3)12-13(4,6-2)9-7-8-11/h10H,5-9H2,1-4H3. The zero-order valence-electron chi connectivity index (χ0n) is 9.40. The second-order valence-electron chi connectivity index (χ2n) is 3.93. The van der Waals surface area contributed by atoms with Crippen LogP contribution < -0.4 is 0 Å². The van der Waals surface area contributed by atoms with Crippen molar-refractivity contribution in [2.75, 3.05) is 5.33 Å². The lowest BCUT2D eigenvalue weighted by molar-refractivity contribution is 0.203. The second kappa shape index (κ2) is 7.02. The molecule has 0 aromatic carbocycles. The fourth-order valence-electron chi connectivity index (χ4n) is 1.33. The highest BCUT2D eigenvalue weighted by Gasteiger charge is 2.27. The molecule has 0 spiro atoms. The highest BCUT2D eigenvalue weighted by molar-refractivity contribution is 9.09. The highest BCUT2D eigenvalue weighted by atomic mass is 79.9. The molecule has 0 aromatic heterocycles.